The number of aryl methyl sites for hydroxylation is 1. The third-order valence-corrected chi connectivity index (χ3v) is 2.34. The number of ether oxygens (including phenoxy) is 1. The Morgan fingerprint density at radius 1 is 1.50 bits per heavy atom. The van der Waals surface area contributed by atoms with Crippen LogP contribution in [0.5, 0.6) is 0 Å². The minimum atomic E-state index is -0.0476. The Hall–Kier alpha value is -1.69. The second-order valence-corrected chi connectivity index (χ2v) is 4.45. The minimum Gasteiger partial charge on any atom is -0.382 e. The van der Waals surface area contributed by atoms with Crippen molar-refractivity contribution in [1.29, 1.82) is 5.41 Å². The van der Waals surface area contributed by atoms with Gasteiger partial charge in [0.1, 0.15) is 11.5 Å². The van der Waals surface area contributed by atoms with Crippen LogP contribution < -0.4 is 10.6 Å². The molecule has 1 heterocycles. The molecular weight excluding hydrogens is 230 g/mol. The van der Waals surface area contributed by atoms with Crippen LogP contribution in [0.4, 0.5) is 5.95 Å². The predicted molar refractivity (Wildman–Crippen MR) is 72.1 cm³/mol. The molecule has 3 N–H and O–H groups in total. The highest BCUT2D eigenvalue weighted by molar-refractivity contribution is 5.93. The molecule has 1 rings (SSSR count). The maximum Gasteiger partial charge on any atom is 0.226 e. The van der Waals surface area contributed by atoms with E-state index in [4.69, 9.17) is 15.9 Å². The quantitative estimate of drug-likeness (QED) is 0.580. The predicted octanol–water partition coefficient (Wildman–Crippen LogP) is 0.930. The van der Waals surface area contributed by atoms with E-state index in [0.29, 0.717) is 24.8 Å². The molecular formula is C12H21N5O. The Morgan fingerprint density at radius 2 is 2.17 bits per heavy atom. The van der Waals surface area contributed by atoms with Crippen LogP contribution in [0.25, 0.3) is 0 Å². The molecule has 6 heteroatoms. The van der Waals surface area contributed by atoms with Gasteiger partial charge in [-0.25, -0.2) is 9.97 Å². The lowest BCUT2D eigenvalue weighted by atomic mass is 10.3. The molecule has 0 spiro atoms. The second kappa shape index (κ2) is 6.30. The van der Waals surface area contributed by atoms with Crippen LogP contribution in [-0.2, 0) is 4.74 Å². The van der Waals surface area contributed by atoms with Gasteiger partial charge in [0.15, 0.2) is 0 Å². The summed E-state index contributed by atoms with van der Waals surface area (Å²) >= 11 is 0. The molecule has 6 nitrogen and oxygen atoms in total. The maximum atomic E-state index is 7.41. The number of amidine groups is 1. The number of rotatable bonds is 6. The molecule has 0 amide bonds. The number of nitrogens with zero attached hydrogens (tertiary/aromatic N) is 3. The Kier molecular flexibility index (Phi) is 5.03. The summed E-state index contributed by atoms with van der Waals surface area (Å²) in [7, 11) is 1.89. The summed E-state index contributed by atoms with van der Waals surface area (Å²) in [6.45, 7) is 7.16. The summed E-state index contributed by atoms with van der Waals surface area (Å²) in [5.41, 5.74) is 6.69. The molecule has 0 saturated heterocycles. The fourth-order valence-corrected chi connectivity index (χ4v) is 1.39. The van der Waals surface area contributed by atoms with Crippen molar-refractivity contribution < 1.29 is 4.74 Å². The summed E-state index contributed by atoms with van der Waals surface area (Å²) in [6.07, 6.45) is 0.213. The van der Waals surface area contributed by atoms with E-state index >= 15 is 0 Å². The largest absolute Gasteiger partial charge is 0.382 e. The Bertz CT molecular complexity index is 419. The summed E-state index contributed by atoms with van der Waals surface area (Å²) in [5.74, 6) is 0.515. The highest BCUT2D eigenvalue weighted by Gasteiger charge is 2.09. The fraction of sp³-hybridized carbons (Fsp3) is 0.583. The molecule has 0 atom stereocenters. The monoisotopic (exact) mass is 251 g/mol. The van der Waals surface area contributed by atoms with E-state index in [2.05, 4.69) is 9.97 Å². The standard InChI is InChI=1S/C12H21N5O/c1-8(2)18-6-5-17(4)12-15-9(3)7-10(16-12)11(13)14/h7-8H,5-6H2,1-4H3,(H3,13,14). The summed E-state index contributed by atoms with van der Waals surface area (Å²) in [6, 6.07) is 1.70. The molecule has 1 aromatic rings. The molecule has 0 aliphatic rings. The topological polar surface area (TPSA) is 88.1 Å². The van der Waals surface area contributed by atoms with Crippen molar-refractivity contribution in [2.24, 2.45) is 5.73 Å². The lowest BCUT2D eigenvalue weighted by Gasteiger charge is -2.18. The smallest absolute Gasteiger partial charge is 0.226 e. The van der Waals surface area contributed by atoms with Gasteiger partial charge >= 0.3 is 0 Å². The van der Waals surface area contributed by atoms with Crippen molar-refractivity contribution in [2.45, 2.75) is 26.9 Å². The normalized spacial score (nSPS) is 10.7. The van der Waals surface area contributed by atoms with E-state index in [1.807, 2.05) is 32.7 Å². The second-order valence-electron chi connectivity index (χ2n) is 4.45. The van der Waals surface area contributed by atoms with E-state index in [1.54, 1.807) is 6.07 Å². The highest BCUT2D eigenvalue weighted by Crippen LogP contribution is 2.08. The summed E-state index contributed by atoms with van der Waals surface area (Å²) in [4.78, 5) is 10.5. The number of nitrogens with one attached hydrogen (secondary N) is 1. The molecule has 0 bridgehead atoms. The van der Waals surface area contributed by atoms with E-state index in [9.17, 15) is 0 Å². The summed E-state index contributed by atoms with van der Waals surface area (Å²) < 4.78 is 5.48. The zero-order chi connectivity index (χ0) is 13.7. The molecule has 0 unspecified atom stereocenters. The molecule has 0 radical (unpaired) electrons. The number of hydrogen-bond donors (Lipinski definition) is 2. The number of hydrogen-bond acceptors (Lipinski definition) is 5. The first kappa shape index (κ1) is 14.4. The van der Waals surface area contributed by atoms with Crippen LogP contribution in [0.3, 0.4) is 0 Å². The molecule has 18 heavy (non-hydrogen) atoms. The van der Waals surface area contributed by atoms with Gasteiger partial charge in [-0.15, -0.1) is 0 Å². The van der Waals surface area contributed by atoms with Crippen LogP contribution in [0.2, 0.25) is 0 Å². The molecule has 0 aromatic carbocycles. The molecule has 0 aliphatic heterocycles. The third-order valence-electron chi connectivity index (χ3n) is 2.34. The van der Waals surface area contributed by atoms with Crippen molar-refractivity contribution in [3.63, 3.8) is 0 Å². The molecule has 100 valence electrons. The van der Waals surface area contributed by atoms with E-state index in [0.717, 1.165) is 5.69 Å². The van der Waals surface area contributed by atoms with Gasteiger partial charge in [-0.1, -0.05) is 0 Å². The zero-order valence-electron chi connectivity index (χ0n) is 11.4. The van der Waals surface area contributed by atoms with Gasteiger partial charge in [0.2, 0.25) is 5.95 Å². The van der Waals surface area contributed by atoms with Crippen LogP contribution >= 0.6 is 0 Å². The van der Waals surface area contributed by atoms with E-state index in [1.165, 1.54) is 0 Å². The number of aromatic nitrogens is 2. The van der Waals surface area contributed by atoms with Gasteiger partial charge in [-0.05, 0) is 26.8 Å². The van der Waals surface area contributed by atoms with Gasteiger partial charge in [-0.3, -0.25) is 5.41 Å². The average molecular weight is 251 g/mol. The third kappa shape index (κ3) is 4.29. The van der Waals surface area contributed by atoms with Crippen LogP contribution in [0.1, 0.15) is 25.2 Å². The first-order valence-corrected chi connectivity index (χ1v) is 5.93. The Morgan fingerprint density at radius 3 is 2.72 bits per heavy atom. The molecule has 0 fully saturated rings. The highest BCUT2D eigenvalue weighted by atomic mass is 16.5. The van der Waals surface area contributed by atoms with Crippen molar-refractivity contribution >= 4 is 11.8 Å². The van der Waals surface area contributed by atoms with Crippen LogP contribution in [-0.4, -0.2) is 42.1 Å². The number of likely N-dealkylation sites (N-methyl/N-ethyl adjacent to an activating group) is 1. The average Bonchev–Trinajstić information content (AvgIpc) is 2.27. The fourth-order valence-electron chi connectivity index (χ4n) is 1.39. The summed E-state index contributed by atoms with van der Waals surface area (Å²) in [5, 5.41) is 7.41. The van der Waals surface area contributed by atoms with Gasteiger partial charge in [0.25, 0.3) is 0 Å². The van der Waals surface area contributed by atoms with E-state index in [-0.39, 0.29) is 11.9 Å². The molecule has 0 aliphatic carbocycles. The molecule has 0 saturated carbocycles. The Labute approximate surface area is 108 Å². The SMILES string of the molecule is Cc1cc(C(=N)N)nc(N(C)CCOC(C)C)n1. The van der Waals surface area contributed by atoms with Crippen LogP contribution in [0.15, 0.2) is 6.07 Å². The maximum absolute atomic E-state index is 7.41. The first-order chi connectivity index (χ1) is 8.40. The van der Waals surface area contributed by atoms with E-state index < -0.39 is 0 Å². The lowest BCUT2D eigenvalue weighted by Crippen LogP contribution is -2.27. The van der Waals surface area contributed by atoms with Gasteiger partial charge in [0, 0.05) is 19.3 Å². The van der Waals surface area contributed by atoms with Crippen molar-refractivity contribution in [2.75, 3.05) is 25.1 Å². The number of nitrogen functional groups attached to an aromatic ring is 1. The lowest BCUT2D eigenvalue weighted by molar-refractivity contribution is 0.0844. The first-order valence-electron chi connectivity index (χ1n) is 5.93. The van der Waals surface area contributed by atoms with Crippen molar-refractivity contribution in [1.82, 2.24) is 9.97 Å². The van der Waals surface area contributed by atoms with Crippen molar-refractivity contribution in [3.8, 4) is 0 Å². The Balaban J connectivity index is 2.73. The van der Waals surface area contributed by atoms with Gasteiger partial charge in [-0.2, -0.15) is 0 Å². The zero-order valence-corrected chi connectivity index (χ0v) is 11.4. The van der Waals surface area contributed by atoms with Gasteiger partial charge < -0.3 is 15.4 Å². The van der Waals surface area contributed by atoms with Gasteiger partial charge in [0.05, 0.1) is 12.7 Å². The minimum absolute atomic E-state index is 0.0476. The number of nitrogens with two attached hydrogens (primary N) is 1. The number of anilines is 1. The van der Waals surface area contributed by atoms with Crippen molar-refractivity contribution in [3.05, 3.63) is 17.5 Å². The van der Waals surface area contributed by atoms with Crippen LogP contribution in [0, 0.1) is 12.3 Å². The molecule has 1 aromatic heterocycles.